The number of nitrogens with zero attached hydrogens (tertiary/aromatic N) is 2. The Bertz CT molecular complexity index is 592. The van der Waals surface area contributed by atoms with Gasteiger partial charge >= 0.3 is 0 Å². The molecule has 0 saturated heterocycles. The predicted molar refractivity (Wildman–Crippen MR) is 71.9 cm³/mol. The van der Waals surface area contributed by atoms with Gasteiger partial charge in [-0.15, -0.1) is 0 Å². The molecule has 4 nitrogen and oxygen atoms in total. The summed E-state index contributed by atoms with van der Waals surface area (Å²) in [7, 11) is 0. The van der Waals surface area contributed by atoms with Crippen LogP contribution in [0.4, 0.5) is 0 Å². The maximum Gasteiger partial charge on any atom is 0.261 e. The molecule has 3 rings (SSSR count). The van der Waals surface area contributed by atoms with E-state index in [-0.39, 0.29) is 5.75 Å². The minimum atomic E-state index is 0.190. The number of aromatic nitrogens is 2. The van der Waals surface area contributed by atoms with Gasteiger partial charge in [-0.2, -0.15) is 4.98 Å². The van der Waals surface area contributed by atoms with Crippen molar-refractivity contribution in [3.8, 4) is 17.2 Å². The van der Waals surface area contributed by atoms with Gasteiger partial charge in [-0.25, -0.2) is 0 Å². The van der Waals surface area contributed by atoms with Gasteiger partial charge in [0.25, 0.3) is 5.89 Å². The van der Waals surface area contributed by atoms with Crippen LogP contribution in [0.15, 0.2) is 22.7 Å². The van der Waals surface area contributed by atoms with Gasteiger partial charge in [-0.3, -0.25) is 0 Å². The molecule has 2 atom stereocenters. The quantitative estimate of drug-likeness (QED) is 0.893. The number of hydrogen-bond donors (Lipinski definition) is 1. The van der Waals surface area contributed by atoms with Crippen LogP contribution in [0.5, 0.6) is 5.75 Å². The highest BCUT2D eigenvalue weighted by Gasteiger charge is 2.27. The normalized spacial score (nSPS) is 22.8. The van der Waals surface area contributed by atoms with Gasteiger partial charge in [-0.05, 0) is 49.8 Å². The van der Waals surface area contributed by atoms with Crippen LogP contribution >= 0.6 is 0 Å². The fourth-order valence-corrected chi connectivity index (χ4v) is 2.77. The summed E-state index contributed by atoms with van der Waals surface area (Å²) >= 11 is 0. The van der Waals surface area contributed by atoms with Crippen molar-refractivity contribution in [2.45, 2.75) is 39.0 Å². The van der Waals surface area contributed by atoms with E-state index >= 15 is 0 Å². The summed E-state index contributed by atoms with van der Waals surface area (Å²) in [5, 5.41) is 14.0. The van der Waals surface area contributed by atoms with Gasteiger partial charge < -0.3 is 9.63 Å². The lowest BCUT2D eigenvalue weighted by Gasteiger charge is -2.02. The highest BCUT2D eigenvalue weighted by molar-refractivity contribution is 5.62. The smallest absolute Gasteiger partial charge is 0.261 e. The Labute approximate surface area is 112 Å². The molecule has 19 heavy (non-hydrogen) atoms. The minimum absolute atomic E-state index is 0.190. The summed E-state index contributed by atoms with van der Waals surface area (Å²) in [5.74, 6) is 2.51. The molecule has 0 amide bonds. The molecule has 4 heteroatoms. The Morgan fingerprint density at radius 3 is 2.84 bits per heavy atom. The third-order valence-electron chi connectivity index (χ3n) is 3.89. The molecule has 0 spiro atoms. The summed E-state index contributed by atoms with van der Waals surface area (Å²) in [6, 6.07) is 5.45. The SMILES string of the molecule is Cc1ccc(-c2nc(C3CCC(C)C3)no2)c(O)c1. The molecule has 1 saturated carbocycles. The third-order valence-corrected chi connectivity index (χ3v) is 3.89. The summed E-state index contributed by atoms with van der Waals surface area (Å²) in [5.41, 5.74) is 1.61. The summed E-state index contributed by atoms with van der Waals surface area (Å²) in [4.78, 5) is 4.45. The second-order valence-corrected chi connectivity index (χ2v) is 5.59. The highest BCUT2D eigenvalue weighted by Crippen LogP contribution is 2.37. The number of phenols is 1. The molecule has 0 bridgehead atoms. The Morgan fingerprint density at radius 2 is 2.16 bits per heavy atom. The molecule has 1 aliphatic rings. The molecule has 1 aromatic heterocycles. The molecule has 2 unspecified atom stereocenters. The number of rotatable bonds is 2. The van der Waals surface area contributed by atoms with Crippen LogP contribution in [0.1, 0.15) is 43.5 Å². The van der Waals surface area contributed by atoms with Crippen molar-refractivity contribution in [2.24, 2.45) is 5.92 Å². The Balaban J connectivity index is 1.88. The van der Waals surface area contributed by atoms with Crippen molar-refractivity contribution < 1.29 is 9.63 Å². The number of benzene rings is 1. The van der Waals surface area contributed by atoms with Crippen LogP contribution in [-0.4, -0.2) is 15.2 Å². The first-order valence-electron chi connectivity index (χ1n) is 6.77. The van der Waals surface area contributed by atoms with E-state index in [0.717, 1.165) is 30.1 Å². The van der Waals surface area contributed by atoms with Crippen molar-refractivity contribution in [1.29, 1.82) is 0 Å². The molecular formula is C15H18N2O2. The molecule has 1 fully saturated rings. The maximum atomic E-state index is 9.93. The van der Waals surface area contributed by atoms with Gasteiger partial charge in [0, 0.05) is 5.92 Å². The molecule has 1 N–H and O–H groups in total. The van der Waals surface area contributed by atoms with Crippen molar-refractivity contribution in [3.05, 3.63) is 29.6 Å². The van der Waals surface area contributed by atoms with E-state index in [1.54, 1.807) is 6.07 Å². The van der Waals surface area contributed by atoms with Gasteiger partial charge in [0.1, 0.15) is 5.75 Å². The Hall–Kier alpha value is -1.84. The molecule has 1 aliphatic carbocycles. The van der Waals surface area contributed by atoms with Gasteiger partial charge in [-0.1, -0.05) is 18.1 Å². The largest absolute Gasteiger partial charge is 0.507 e. The topological polar surface area (TPSA) is 59.2 Å². The van der Waals surface area contributed by atoms with Crippen LogP contribution in [0.3, 0.4) is 0 Å². The van der Waals surface area contributed by atoms with E-state index in [4.69, 9.17) is 4.52 Å². The zero-order valence-electron chi connectivity index (χ0n) is 11.3. The lowest BCUT2D eigenvalue weighted by atomic mass is 10.1. The fraction of sp³-hybridized carbons (Fsp3) is 0.467. The predicted octanol–water partition coefficient (Wildman–Crippen LogP) is 3.65. The first-order chi connectivity index (χ1) is 9.13. The molecular weight excluding hydrogens is 240 g/mol. The number of aryl methyl sites for hydroxylation is 1. The Kier molecular flexibility index (Phi) is 3.01. The zero-order chi connectivity index (χ0) is 13.4. The molecule has 2 aromatic rings. The number of phenolic OH excluding ortho intramolecular Hbond substituents is 1. The van der Waals surface area contributed by atoms with E-state index in [1.807, 2.05) is 19.1 Å². The van der Waals surface area contributed by atoms with Crippen molar-refractivity contribution in [2.75, 3.05) is 0 Å². The molecule has 0 aliphatic heterocycles. The lowest BCUT2D eigenvalue weighted by molar-refractivity contribution is 0.410. The maximum absolute atomic E-state index is 9.93. The van der Waals surface area contributed by atoms with E-state index in [0.29, 0.717) is 17.4 Å². The first-order valence-corrected chi connectivity index (χ1v) is 6.77. The summed E-state index contributed by atoms with van der Waals surface area (Å²) in [6.07, 6.45) is 3.48. The summed E-state index contributed by atoms with van der Waals surface area (Å²) < 4.78 is 5.30. The molecule has 1 heterocycles. The van der Waals surface area contributed by atoms with Crippen molar-refractivity contribution in [1.82, 2.24) is 10.1 Å². The second-order valence-electron chi connectivity index (χ2n) is 5.59. The van der Waals surface area contributed by atoms with Gasteiger partial charge in [0.05, 0.1) is 5.56 Å². The van der Waals surface area contributed by atoms with Crippen LogP contribution in [0.25, 0.3) is 11.5 Å². The zero-order valence-corrected chi connectivity index (χ0v) is 11.3. The second kappa shape index (κ2) is 4.68. The van der Waals surface area contributed by atoms with Crippen LogP contribution in [0.2, 0.25) is 0 Å². The summed E-state index contributed by atoms with van der Waals surface area (Å²) in [6.45, 7) is 4.19. The van der Waals surface area contributed by atoms with E-state index in [9.17, 15) is 5.11 Å². The monoisotopic (exact) mass is 258 g/mol. The first kappa shape index (κ1) is 12.2. The van der Waals surface area contributed by atoms with Crippen molar-refractivity contribution >= 4 is 0 Å². The van der Waals surface area contributed by atoms with E-state index in [1.165, 1.54) is 6.42 Å². The molecule has 100 valence electrons. The fourth-order valence-electron chi connectivity index (χ4n) is 2.77. The standard InChI is InChI=1S/C15H18N2O2/c1-9-3-5-11(7-9)14-16-15(19-17-14)12-6-4-10(2)8-13(12)18/h4,6,8-9,11,18H,3,5,7H2,1-2H3. The number of hydrogen-bond acceptors (Lipinski definition) is 4. The van der Waals surface area contributed by atoms with Crippen LogP contribution < -0.4 is 0 Å². The number of aromatic hydroxyl groups is 1. The van der Waals surface area contributed by atoms with Gasteiger partial charge in [0.2, 0.25) is 0 Å². The molecule has 0 radical (unpaired) electrons. The molecule has 1 aromatic carbocycles. The van der Waals surface area contributed by atoms with Crippen LogP contribution in [0, 0.1) is 12.8 Å². The third kappa shape index (κ3) is 2.35. The Morgan fingerprint density at radius 1 is 1.32 bits per heavy atom. The minimum Gasteiger partial charge on any atom is -0.507 e. The highest BCUT2D eigenvalue weighted by atomic mass is 16.5. The lowest BCUT2D eigenvalue weighted by Crippen LogP contribution is -1.96. The van der Waals surface area contributed by atoms with Crippen LogP contribution in [-0.2, 0) is 0 Å². The van der Waals surface area contributed by atoms with E-state index < -0.39 is 0 Å². The van der Waals surface area contributed by atoms with Gasteiger partial charge in [0.15, 0.2) is 5.82 Å². The van der Waals surface area contributed by atoms with Crippen molar-refractivity contribution in [3.63, 3.8) is 0 Å². The average Bonchev–Trinajstić information content (AvgIpc) is 2.97. The van der Waals surface area contributed by atoms with E-state index in [2.05, 4.69) is 17.1 Å². The average molecular weight is 258 g/mol.